The first kappa shape index (κ1) is 24.7. The summed E-state index contributed by atoms with van der Waals surface area (Å²) >= 11 is 0. The van der Waals surface area contributed by atoms with Gasteiger partial charge in [0.15, 0.2) is 5.96 Å². The van der Waals surface area contributed by atoms with E-state index in [1.165, 1.54) is 18.4 Å². The number of hydrogen-bond donors (Lipinski definition) is 2. The van der Waals surface area contributed by atoms with Crippen molar-refractivity contribution in [3.63, 3.8) is 0 Å². The predicted molar refractivity (Wildman–Crippen MR) is 136 cm³/mol. The molecule has 1 atom stereocenters. The Morgan fingerprint density at radius 1 is 1.17 bits per heavy atom. The molecule has 1 saturated carbocycles. The predicted octanol–water partition coefficient (Wildman–Crippen LogP) is 4.02. The van der Waals surface area contributed by atoms with Crippen molar-refractivity contribution in [3.8, 4) is 5.75 Å². The number of hydrogen-bond acceptors (Lipinski definition) is 3. The third-order valence-electron chi connectivity index (χ3n) is 4.86. The van der Waals surface area contributed by atoms with E-state index < -0.39 is 10.8 Å². The minimum atomic E-state index is -0.902. The van der Waals surface area contributed by atoms with Crippen LogP contribution in [0.2, 0.25) is 0 Å². The summed E-state index contributed by atoms with van der Waals surface area (Å²) in [6.07, 6.45) is 2.56. The van der Waals surface area contributed by atoms with Crippen molar-refractivity contribution in [2.24, 2.45) is 10.9 Å². The van der Waals surface area contributed by atoms with E-state index in [0.717, 1.165) is 29.4 Å². The maximum absolute atomic E-state index is 12.3. The van der Waals surface area contributed by atoms with E-state index in [4.69, 9.17) is 4.74 Å². The fourth-order valence-corrected chi connectivity index (χ4v) is 3.99. The second-order valence-electron chi connectivity index (χ2n) is 7.49. The number of ether oxygens (including phenoxy) is 1. The molecule has 1 fully saturated rings. The van der Waals surface area contributed by atoms with Crippen LogP contribution in [-0.4, -0.2) is 36.1 Å². The average Bonchev–Trinajstić information content (AvgIpc) is 3.55. The third-order valence-corrected chi connectivity index (χ3v) is 6.17. The second-order valence-corrected chi connectivity index (χ2v) is 9.07. The molecule has 30 heavy (non-hydrogen) atoms. The molecule has 0 saturated heterocycles. The highest BCUT2D eigenvalue weighted by Crippen LogP contribution is 2.30. The number of aryl methyl sites for hydroxylation is 1. The first-order valence-corrected chi connectivity index (χ1v) is 11.7. The maximum Gasteiger partial charge on any atom is 0.191 e. The van der Waals surface area contributed by atoms with Crippen molar-refractivity contribution in [1.82, 2.24) is 10.6 Å². The first-order valence-electron chi connectivity index (χ1n) is 10.2. The van der Waals surface area contributed by atoms with E-state index in [-0.39, 0.29) is 24.0 Å². The number of benzene rings is 2. The van der Waals surface area contributed by atoms with Crippen LogP contribution >= 0.6 is 24.0 Å². The Balaban J connectivity index is 0.00000320. The Bertz CT molecular complexity index is 842. The minimum Gasteiger partial charge on any atom is -0.493 e. The monoisotopic (exact) mass is 541 g/mol. The van der Waals surface area contributed by atoms with Gasteiger partial charge in [-0.2, -0.15) is 0 Å². The smallest absolute Gasteiger partial charge is 0.191 e. The van der Waals surface area contributed by atoms with Crippen LogP contribution < -0.4 is 15.4 Å². The summed E-state index contributed by atoms with van der Waals surface area (Å²) in [6.45, 7) is 4.12. The summed E-state index contributed by atoms with van der Waals surface area (Å²) in [7, 11) is 0.844. The zero-order valence-electron chi connectivity index (χ0n) is 17.7. The summed E-state index contributed by atoms with van der Waals surface area (Å²) in [5.74, 6) is 3.54. The van der Waals surface area contributed by atoms with Gasteiger partial charge in [0.05, 0.1) is 6.61 Å². The quantitative estimate of drug-likeness (QED) is 0.271. The van der Waals surface area contributed by atoms with Crippen molar-refractivity contribution in [2.45, 2.75) is 32.1 Å². The molecule has 2 N–H and O–H groups in total. The molecular formula is C23H32IN3O2S. The second kappa shape index (κ2) is 12.9. The molecule has 1 aliphatic carbocycles. The molecule has 1 unspecified atom stereocenters. The number of nitrogens with one attached hydrogen (secondary N) is 2. The highest BCUT2D eigenvalue weighted by atomic mass is 127. The summed E-state index contributed by atoms with van der Waals surface area (Å²) in [5.41, 5.74) is 3.42. The summed E-state index contributed by atoms with van der Waals surface area (Å²) < 4.78 is 18.3. The van der Waals surface area contributed by atoms with E-state index in [9.17, 15) is 4.21 Å². The number of aliphatic imine (C=N–C) groups is 1. The number of halogens is 1. The van der Waals surface area contributed by atoms with Gasteiger partial charge in [-0.25, -0.2) is 0 Å². The lowest BCUT2D eigenvalue weighted by Gasteiger charge is -2.15. The molecule has 5 nitrogen and oxygen atoms in total. The molecule has 0 amide bonds. The molecule has 0 heterocycles. The first-order chi connectivity index (χ1) is 14.1. The molecule has 2 aromatic rings. The van der Waals surface area contributed by atoms with Gasteiger partial charge in [-0.05, 0) is 42.9 Å². The van der Waals surface area contributed by atoms with Crippen molar-refractivity contribution >= 4 is 40.7 Å². The van der Waals surface area contributed by atoms with E-state index in [1.54, 1.807) is 7.05 Å². The van der Waals surface area contributed by atoms with Crippen molar-refractivity contribution in [1.29, 1.82) is 0 Å². The topological polar surface area (TPSA) is 62.7 Å². The zero-order valence-corrected chi connectivity index (χ0v) is 20.9. The molecule has 0 radical (unpaired) electrons. The van der Waals surface area contributed by atoms with Crippen LogP contribution in [0.4, 0.5) is 0 Å². The van der Waals surface area contributed by atoms with Gasteiger partial charge in [0.25, 0.3) is 0 Å². The van der Waals surface area contributed by atoms with Crippen LogP contribution in [0.15, 0.2) is 53.5 Å². The van der Waals surface area contributed by atoms with Crippen LogP contribution in [0.25, 0.3) is 0 Å². The molecule has 7 heteroatoms. The molecule has 3 rings (SSSR count). The molecule has 164 valence electrons. The number of guanidine groups is 1. The van der Waals surface area contributed by atoms with Gasteiger partial charge in [-0.1, -0.05) is 42.5 Å². The molecule has 0 aliphatic heterocycles. The molecule has 0 aromatic heterocycles. The lowest BCUT2D eigenvalue weighted by atomic mass is 10.1. The Kier molecular flexibility index (Phi) is 10.6. The van der Waals surface area contributed by atoms with E-state index >= 15 is 0 Å². The fraction of sp³-hybridized carbons (Fsp3) is 0.435. The zero-order chi connectivity index (χ0) is 20.5. The standard InChI is InChI=1S/C23H31N3O2S.HI/c1-18-8-11-21(22(14-18)28-16-19-9-10-19)15-26-23(24-2)25-12-13-29(27)17-20-6-4-3-5-7-20;/h3-8,11,14,19H,9-10,12-13,15-17H2,1-2H3,(H2,24,25,26);1H. The highest BCUT2D eigenvalue weighted by molar-refractivity contribution is 14.0. The van der Waals surface area contributed by atoms with E-state index in [2.05, 4.69) is 40.7 Å². The van der Waals surface area contributed by atoms with Crippen LogP contribution in [0, 0.1) is 12.8 Å². The lowest BCUT2D eigenvalue weighted by molar-refractivity contribution is 0.296. The van der Waals surface area contributed by atoms with Gasteiger partial charge < -0.3 is 15.4 Å². The van der Waals surface area contributed by atoms with Crippen LogP contribution in [-0.2, 0) is 23.1 Å². The minimum absolute atomic E-state index is 0. The Morgan fingerprint density at radius 2 is 1.93 bits per heavy atom. The lowest BCUT2D eigenvalue weighted by Crippen LogP contribution is -2.38. The highest BCUT2D eigenvalue weighted by Gasteiger charge is 2.22. The van der Waals surface area contributed by atoms with E-state index in [1.807, 2.05) is 30.3 Å². The van der Waals surface area contributed by atoms with Gasteiger partial charge in [0.1, 0.15) is 5.75 Å². The van der Waals surface area contributed by atoms with Crippen molar-refractivity contribution in [3.05, 3.63) is 65.2 Å². The van der Waals surface area contributed by atoms with Crippen molar-refractivity contribution < 1.29 is 8.95 Å². The van der Waals surface area contributed by atoms with Gasteiger partial charge in [-0.15, -0.1) is 24.0 Å². The molecule has 0 spiro atoms. The Morgan fingerprint density at radius 3 is 2.63 bits per heavy atom. The third kappa shape index (κ3) is 8.63. The molecule has 2 aromatic carbocycles. The van der Waals surface area contributed by atoms with Gasteiger partial charge in [0.2, 0.25) is 0 Å². The maximum atomic E-state index is 12.3. The van der Waals surface area contributed by atoms with Crippen LogP contribution in [0.3, 0.4) is 0 Å². The van der Waals surface area contributed by atoms with Crippen LogP contribution in [0.1, 0.15) is 29.5 Å². The number of rotatable bonds is 10. The summed E-state index contributed by atoms with van der Waals surface area (Å²) in [6, 6.07) is 16.3. The largest absolute Gasteiger partial charge is 0.493 e. The summed E-state index contributed by atoms with van der Waals surface area (Å²) in [5, 5.41) is 6.58. The van der Waals surface area contributed by atoms with Gasteiger partial charge >= 0.3 is 0 Å². The van der Waals surface area contributed by atoms with Crippen LogP contribution in [0.5, 0.6) is 5.75 Å². The summed E-state index contributed by atoms with van der Waals surface area (Å²) in [4.78, 5) is 4.27. The SMILES string of the molecule is CN=C(NCCS(=O)Cc1ccccc1)NCc1ccc(C)cc1OCC1CC1.I. The Hall–Kier alpha value is -1.61. The normalized spacial score (nSPS) is 14.5. The van der Waals surface area contributed by atoms with Crippen molar-refractivity contribution in [2.75, 3.05) is 26.0 Å². The van der Waals surface area contributed by atoms with E-state index in [0.29, 0.717) is 30.6 Å². The fourth-order valence-electron chi connectivity index (χ4n) is 2.95. The Labute approximate surface area is 199 Å². The number of nitrogens with zero attached hydrogens (tertiary/aromatic N) is 1. The molecular weight excluding hydrogens is 509 g/mol. The van der Waals surface area contributed by atoms with Gasteiger partial charge in [-0.3, -0.25) is 9.20 Å². The molecule has 0 bridgehead atoms. The molecule has 1 aliphatic rings. The van der Waals surface area contributed by atoms with Gasteiger partial charge in [0, 0.05) is 48.0 Å². The average molecular weight is 541 g/mol.